The van der Waals surface area contributed by atoms with Crippen LogP contribution in [0.25, 0.3) is 73.2 Å². The fraction of sp³-hybridized carbons (Fsp3) is 0.318. The van der Waals surface area contributed by atoms with Crippen LogP contribution in [-0.2, 0) is 32.2 Å². The Balaban J connectivity index is 0.000000164. The van der Waals surface area contributed by atoms with Crippen molar-refractivity contribution in [3.05, 3.63) is 187 Å². The Morgan fingerprint density at radius 2 is 0.957 bits per heavy atom. The normalized spacial score (nSPS) is 13.4. The molecule has 13 rings (SSSR count). The molecule has 19 nitrogen and oxygen atoms in total. The maximum atomic E-state index is 13.4. The van der Waals surface area contributed by atoms with Crippen molar-refractivity contribution in [1.82, 2.24) is 73.6 Å². The van der Waals surface area contributed by atoms with Crippen molar-refractivity contribution in [1.29, 1.82) is 0 Å². The molecule has 1 N–H and O–H groups in total. The van der Waals surface area contributed by atoms with E-state index in [0.717, 1.165) is 102 Å². The summed E-state index contributed by atoms with van der Waals surface area (Å²) in [6.07, 6.45) is 16.1. The summed E-state index contributed by atoms with van der Waals surface area (Å²) in [6.45, 7) is 25.9. The van der Waals surface area contributed by atoms with E-state index in [2.05, 4.69) is 95.7 Å². The van der Waals surface area contributed by atoms with Crippen LogP contribution in [0, 0.1) is 17.5 Å². The van der Waals surface area contributed by atoms with Crippen molar-refractivity contribution in [2.24, 2.45) is 0 Å². The van der Waals surface area contributed by atoms with E-state index < -0.39 is 34.5 Å². The van der Waals surface area contributed by atoms with Gasteiger partial charge >= 0.3 is 7.12 Å². The molecule has 3 aromatic carbocycles. The molecular formula is C66H78BBrCl2F3N15O4Si2. The van der Waals surface area contributed by atoms with E-state index in [4.69, 9.17) is 52.2 Å². The molecule has 0 amide bonds. The number of nitrogens with zero attached hydrogens (tertiary/aromatic N) is 14. The van der Waals surface area contributed by atoms with Gasteiger partial charge in [0.05, 0.1) is 40.2 Å². The molecule has 0 atom stereocenters. The van der Waals surface area contributed by atoms with Crippen LogP contribution < -0.4 is 5.46 Å². The van der Waals surface area contributed by atoms with Crippen molar-refractivity contribution in [2.75, 3.05) is 13.2 Å². The number of H-pyrrole nitrogens is 1. The van der Waals surface area contributed by atoms with E-state index in [9.17, 15) is 13.2 Å². The maximum absolute atomic E-state index is 13.4. The predicted octanol–water partition coefficient (Wildman–Crippen LogP) is 15.9. The Morgan fingerprint density at radius 3 is 1.43 bits per heavy atom. The summed E-state index contributed by atoms with van der Waals surface area (Å²) in [4.78, 5) is 12.2. The Hall–Kier alpha value is -7.66. The molecule has 1 aliphatic rings. The number of aromatic nitrogens is 15. The van der Waals surface area contributed by atoms with E-state index in [1.165, 1.54) is 36.4 Å². The summed E-state index contributed by atoms with van der Waals surface area (Å²) in [7, 11) is -2.83. The van der Waals surface area contributed by atoms with Crippen LogP contribution in [-0.4, -0.2) is 126 Å². The Labute approximate surface area is 566 Å². The number of halogens is 6. The van der Waals surface area contributed by atoms with E-state index in [1.807, 2.05) is 76.5 Å². The summed E-state index contributed by atoms with van der Waals surface area (Å²) in [5, 5.41) is 29.7. The highest BCUT2D eigenvalue weighted by molar-refractivity contribution is 9.10. The molecule has 1 fully saturated rings. The van der Waals surface area contributed by atoms with E-state index in [1.54, 1.807) is 110 Å². The van der Waals surface area contributed by atoms with Crippen LogP contribution in [0.3, 0.4) is 0 Å². The van der Waals surface area contributed by atoms with Gasteiger partial charge in [-0.15, -0.1) is 23.2 Å². The van der Waals surface area contributed by atoms with Crippen molar-refractivity contribution >= 4 is 84.8 Å². The molecule has 12 aromatic rings. The molecular weight excluding hydrogens is 1340 g/mol. The number of ether oxygens (including phenoxy) is 2. The van der Waals surface area contributed by atoms with Crippen LogP contribution in [0.15, 0.2) is 170 Å². The average Bonchev–Trinajstić information content (AvgIpc) is 1.62. The number of imidazole rings is 3. The fourth-order valence-corrected chi connectivity index (χ4v) is 10.9. The van der Waals surface area contributed by atoms with Gasteiger partial charge in [0.2, 0.25) is 0 Å². The molecule has 0 bridgehead atoms. The zero-order valence-electron chi connectivity index (χ0n) is 53.6. The van der Waals surface area contributed by atoms with Gasteiger partial charge in [0.1, 0.15) is 46.0 Å². The van der Waals surface area contributed by atoms with Crippen molar-refractivity contribution in [2.45, 2.75) is 123 Å². The quantitative estimate of drug-likeness (QED) is 0.0546. The average molecular weight is 1420 g/mol. The maximum Gasteiger partial charge on any atom is 0.498 e. The van der Waals surface area contributed by atoms with E-state index >= 15 is 0 Å². The standard InChI is InChI=1S/C21H32BFN2O3Si.C21H24FN5OSi.C15H10FN5.C6H4BrN3.C2H4Cl2.CH4/c1-20(2)21(3,4)28-22(27-20)18-14-25(15-26-12-13-29(5,6)7)24-19(18)16-8-10-17(23)11-9-16;1-29(2,3)13-12-28-15-26-14-18(19-8-9-20-23-10-11-27(20)24-19)21(25-26)16-4-6-17(22)7-5-16;16-11-3-1-10(2-4-11)15-12(9-18-19-15)13-5-6-14-17-7-8-21(14)20-13;7-5-1-2-6-8-3-4-10(6)9-5;1-2(3)4;/h8-11,14H,12-13,15H2,1-7H3;4-11,14H,12-13,15H2,1-3H3;1-9H,(H,18,19);1-4H;2H,1H3;1H4. The second-order valence-corrected chi connectivity index (χ2v) is 38.8. The molecule has 9 aromatic heterocycles. The van der Waals surface area contributed by atoms with Gasteiger partial charge in [-0.1, -0.05) is 46.7 Å². The minimum Gasteiger partial charge on any atom is -0.399 e. The Morgan fingerprint density at radius 1 is 0.553 bits per heavy atom. The van der Waals surface area contributed by atoms with Gasteiger partial charge in [-0.3, -0.25) is 5.10 Å². The minimum atomic E-state index is -1.14. The van der Waals surface area contributed by atoms with Crippen LogP contribution >= 0.6 is 39.1 Å². The lowest BCUT2D eigenvalue weighted by Crippen LogP contribution is -2.41. The van der Waals surface area contributed by atoms with Gasteiger partial charge < -0.3 is 18.8 Å². The first-order valence-corrected chi connectivity index (χ1v) is 39.1. The lowest BCUT2D eigenvalue weighted by atomic mass is 9.78. The Kier molecular flexibility index (Phi) is 24.4. The van der Waals surface area contributed by atoms with Crippen molar-refractivity contribution in [3.8, 4) is 56.3 Å². The van der Waals surface area contributed by atoms with Gasteiger partial charge in [-0.05, 0) is 172 Å². The molecule has 0 saturated carbocycles. The number of hydrogen-bond donors (Lipinski definition) is 1. The largest absolute Gasteiger partial charge is 0.498 e. The number of aromatic amines is 1. The van der Waals surface area contributed by atoms with Gasteiger partial charge in [0.25, 0.3) is 0 Å². The highest BCUT2D eigenvalue weighted by Gasteiger charge is 2.53. The smallest absolute Gasteiger partial charge is 0.399 e. The summed E-state index contributed by atoms with van der Waals surface area (Å²) in [5.41, 5.74) is 10.4. The summed E-state index contributed by atoms with van der Waals surface area (Å²) < 4.78 is 73.6. The number of alkyl halides is 2. The lowest BCUT2D eigenvalue weighted by Gasteiger charge is -2.32. The highest BCUT2D eigenvalue weighted by Crippen LogP contribution is 2.38. The molecule has 0 spiro atoms. The van der Waals surface area contributed by atoms with Crippen LogP contribution in [0.4, 0.5) is 13.2 Å². The molecule has 28 heteroatoms. The third-order valence-corrected chi connectivity index (χ3v) is 18.6. The number of rotatable bonds is 16. The molecule has 10 heterocycles. The lowest BCUT2D eigenvalue weighted by molar-refractivity contribution is 0.00578. The number of hydrogen-bond acceptors (Lipinski definition) is 13. The molecule has 494 valence electrons. The molecule has 1 aliphatic heterocycles. The molecule has 94 heavy (non-hydrogen) atoms. The first kappa shape index (κ1) is 72.2. The second kappa shape index (κ2) is 31.7. The first-order valence-electron chi connectivity index (χ1n) is 30.0. The fourth-order valence-electron chi connectivity index (χ4n) is 9.07. The summed E-state index contributed by atoms with van der Waals surface area (Å²) in [5.74, 6) is -0.819. The zero-order valence-corrected chi connectivity index (χ0v) is 58.7. The third kappa shape index (κ3) is 19.7. The van der Waals surface area contributed by atoms with E-state index in [-0.39, 0.29) is 29.7 Å². The highest BCUT2D eigenvalue weighted by atomic mass is 79.9. The van der Waals surface area contributed by atoms with Gasteiger partial charge in [-0.25, -0.2) is 51.0 Å². The van der Waals surface area contributed by atoms with Gasteiger partial charge in [0.15, 0.2) is 16.9 Å². The van der Waals surface area contributed by atoms with Crippen LogP contribution in [0.5, 0.6) is 0 Å². The Bertz CT molecular complexity index is 4340. The monoisotopic (exact) mass is 1420 g/mol. The number of nitrogens with one attached hydrogen (secondary N) is 1. The molecule has 0 radical (unpaired) electrons. The number of fused-ring (bicyclic) bond motifs is 3. The molecule has 0 unspecified atom stereocenters. The first-order chi connectivity index (χ1) is 44.2. The van der Waals surface area contributed by atoms with Crippen molar-refractivity contribution < 1.29 is 32.0 Å². The number of benzene rings is 3. The van der Waals surface area contributed by atoms with Gasteiger partial charge in [0, 0.05) is 112 Å². The minimum absolute atomic E-state index is 0. The van der Waals surface area contributed by atoms with Crippen molar-refractivity contribution in [3.63, 3.8) is 0 Å². The molecule has 0 aliphatic carbocycles. The summed E-state index contributed by atoms with van der Waals surface area (Å²) >= 11 is 13.3. The van der Waals surface area contributed by atoms with Crippen LogP contribution in [0.2, 0.25) is 51.4 Å². The third-order valence-electron chi connectivity index (χ3n) is 14.8. The topological polar surface area (TPSA) is 192 Å². The molecule has 1 saturated heterocycles. The predicted molar refractivity (Wildman–Crippen MR) is 376 cm³/mol. The van der Waals surface area contributed by atoms with Crippen LogP contribution in [0.1, 0.15) is 42.0 Å². The second-order valence-electron chi connectivity index (χ2n) is 25.2. The summed E-state index contributed by atoms with van der Waals surface area (Å²) in [6, 6.07) is 32.5. The SMILES string of the molecule is Brc1ccc2nccn2n1.C.CC(Cl)Cl.CC1(C)OB(c2cn(COCC[Si](C)(C)C)nc2-c2ccc(F)cc2)OC1(C)C.C[Si](C)(C)CCOCn1cc(-c2ccc3nccn3n2)c(-c2ccc(F)cc2)n1.Fc1ccc(-c2[nH]ncc2-c2ccc3nccn3n2)cc1. The van der Waals surface area contributed by atoms with E-state index in [0.29, 0.717) is 20.1 Å². The van der Waals surface area contributed by atoms with Gasteiger partial charge in [-0.2, -0.15) is 30.6 Å². The zero-order chi connectivity index (χ0) is 66.7.